The Morgan fingerprint density at radius 3 is 2.86 bits per heavy atom. The van der Waals surface area contributed by atoms with Crippen LogP contribution in [0.5, 0.6) is 0 Å². The number of nitrogens with one attached hydrogen (secondary N) is 1. The van der Waals surface area contributed by atoms with Crippen molar-refractivity contribution in [1.29, 1.82) is 0 Å². The van der Waals surface area contributed by atoms with Crippen LogP contribution in [0.25, 0.3) is 11.0 Å². The highest BCUT2D eigenvalue weighted by Crippen LogP contribution is 2.29. The Hall–Kier alpha value is -1.76. The fourth-order valence-corrected chi connectivity index (χ4v) is 3.11. The molecule has 2 aromatic heterocycles. The number of hydrogen-bond donors (Lipinski definition) is 2. The Labute approximate surface area is 127 Å². The summed E-state index contributed by atoms with van der Waals surface area (Å²) in [6, 6.07) is 0.211. The molecule has 0 aromatic carbocycles. The molecule has 2 N–H and O–H groups in total. The van der Waals surface area contributed by atoms with Gasteiger partial charge in [-0.15, -0.1) is 0 Å². The molecule has 0 saturated carbocycles. The van der Waals surface area contributed by atoms with Crippen molar-refractivity contribution in [3.8, 4) is 0 Å². The molecule has 1 atom stereocenters. The number of aromatic nitrogens is 3. The van der Waals surface area contributed by atoms with E-state index >= 15 is 0 Å². The van der Waals surface area contributed by atoms with E-state index in [0.717, 1.165) is 23.3 Å². The molecule has 0 aliphatic rings. The number of anilines is 1. The van der Waals surface area contributed by atoms with Gasteiger partial charge in [-0.05, 0) is 19.6 Å². The average Bonchev–Trinajstić information content (AvgIpc) is 2.73. The Balaban J connectivity index is 2.61. The number of hydrogen-bond acceptors (Lipinski definition) is 5. The van der Waals surface area contributed by atoms with Crippen molar-refractivity contribution >= 4 is 34.5 Å². The number of thioether (sulfide) groups is 1. The Kier molecular flexibility index (Phi) is 4.72. The minimum atomic E-state index is -0.978. The first kappa shape index (κ1) is 15.6. The van der Waals surface area contributed by atoms with Gasteiger partial charge in [0.05, 0.1) is 16.8 Å². The lowest BCUT2D eigenvalue weighted by molar-refractivity contribution is 0.0697. The first-order valence-corrected chi connectivity index (χ1v) is 8.20. The van der Waals surface area contributed by atoms with Gasteiger partial charge in [-0.2, -0.15) is 16.9 Å². The van der Waals surface area contributed by atoms with E-state index in [4.69, 9.17) is 0 Å². The zero-order chi connectivity index (χ0) is 15.6. The highest BCUT2D eigenvalue weighted by atomic mass is 32.2. The smallest absolute Gasteiger partial charge is 0.339 e. The molecule has 1 unspecified atom stereocenters. The zero-order valence-electron chi connectivity index (χ0n) is 12.7. The van der Waals surface area contributed by atoms with Crippen molar-refractivity contribution < 1.29 is 9.90 Å². The van der Waals surface area contributed by atoms with E-state index in [1.807, 2.05) is 20.2 Å². The van der Waals surface area contributed by atoms with Crippen LogP contribution in [0.15, 0.2) is 6.20 Å². The van der Waals surface area contributed by atoms with Gasteiger partial charge in [-0.3, -0.25) is 4.68 Å². The number of carboxylic acid groups (broad SMARTS) is 1. The van der Waals surface area contributed by atoms with Gasteiger partial charge in [0.1, 0.15) is 5.56 Å². The van der Waals surface area contributed by atoms with E-state index < -0.39 is 5.97 Å². The van der Waals surface area contributed by atoms with Crippen molar-refractivity contribution in [2.24, 2.45) is 7.05 Å². The van der Waals surface area contributed by atoms with E-state index in [1.165, 1.54) is 6.20 Å². The Morgan fingerprint density at radius 1 is 1.57 bits per heavy atom. The molecule has 2 aromatic rings. The van der Waals surface area contributed by atoms with E-state index in [9.17, 15) is 9.90 Å². The van der Waals surface area contributed by atoms with Crippen LogP contribution in [-0.2, 0) is 7.05 Å². The first-order chi connectivity index (χ1) is 9.99. The molecular weight excluding hydrogens is 288 g/mol. The molecule has 0 bridgehead atoms. The molecule has 6 nitrogen and oxygen atoms in total. The predicted octanol–water partition coefficient (Wildman–Crippen LogP) is 2.53. The summed E-state index contributed by atoms with van der Waals surface area (Å²) in [7, 11) is 1.81. The van der Waals surface area contributed by atoms with Gasteiger partial charge < -0.3 is 10.4 Å². The highest BCUT2D eigenvalue weighted by molar-refractivity contribution is 7.98. The average molecular weight is 308 g/mol. The molecule has 0 aliphatic heterocycles. The van der Waals surface area contributed by atoms with Crippen molar-refractivity contribution in [2.75, 3.05) is 17.3 Å². The third kappa shape index (κ3) is 2.97. The minimum Gasteiger partial charge on any atom is -0.478 e. The molecule has 21 heavy (non-hydrogen) atoms. The van der Waals surface area contributed by atoms with Crippen LogP contribution in [0.3, 0.4) is 0 Å². The quantitative estimate of drug-likeness (QED) is 0.853. The SMILES string of the molecule is CCC(CSC)Nc1c(C(=O)O)cnc2c1c(C)nn2C. The number of carboxylic acids is 1. The number of fused-ring (bicyclic) bond motifs is 1. The van der Waals surface area contributed by atoms with Gasteiger partial charge in [0.15, 0.2) is 5.65 Å². The standard InChI is InChI=1S/C14H20N4O2S/c1-5-9(7-21-4)16-12-10(14(19)20)6-15-13-11(12)8(2)17-18(13)3/h6,9H,5,7H2,1-4H3,(H,15,16)(H,19,20). The van der Waals surface area contributed by atoms with Gasteiger partial charge in [0.25, 0.3) is 0 Å². The normalized spacial score (nSPS) is 12.6. The molecule has 0 aliphatic carbocycles. The van der Waals surface area contributed by atoms with Gasteiger partial charge in [0, 0.05) is 25.0 Å². The van der Waals surface area contributed by atoms with E-state index in [-0.39, 0.29) is 11.6 Å². The second kappa shape index (κ2) is 6.34. The van der Waals surface area contributed by atoms with Crippen molar-refractivity contribution in [3.05, 3.63) is 17.5 Å². The third-order valence-electron chi connectivity index (χ3n) is 3.47. The number of aryl methyl sites for hydroxylation is 2. The Bertz CT molecular complexity index is 669. The van der Waals surface area contributed by atoms with E-state index in [2.05, 4.69) is 22.3 Å². The molecular formula is C14H20N4O2S. The van der Waals surface area contributed by atoms with Crippen LogP contribution < -0.4 is 5.32 Å². The molecule has 0 fully saturated rings. The number of pyridine rings is 1. The van der Waals surface area contributed by atoms with E-state index in [0.29, 0.717) is 11.3 Å². The van der Waals surface area contributed by atoms with Gasteiger partial charge >= 0.3 is 5.97 Å². The molecule has 0 radical (unpaired) electrons. The summed E-state index contributed by atoms with van der Waals surface area (Å²) < 4.78 is 1.68. The number of aromatic carboxylic acids is 1. The summed E-state index contributed by atoms with van der Waals surface area (Å²) in [4.78, 5) is 15.7. The maximum atomic E-state index is 11.5. The van der Waals surface area contributed by atoms with Gasteiger partial charge in [-0.25, -0.2) is 9.78 Å². The highest BCUT2D eigenvalue weighted by Gasteiger charge is 2.21. The second-order valence-electron chi connectivity index (χ2n) is 4.96. The van der Waals surface area contributed by atoms with Crippen molar-refractivity contribution in [2.45, 2.75) is 26.3 Å². The molecule has 0 spiro atoms. The summed E-state index contributed by atoms with van der Waals surface area (Å²) in [5, 5.41) is 17.9. The molecule has 0 saturated heterocycles. The summed E-state index contributed by atoms with van der Waals surface area (Å²) in [5.74, 6) is -0.0623. The van der Waals surface area contributed by atoms with Crippen LogP contribution in [0.1, 0.15) is 29.4 Å². The first-order valence-electron chi connectivity index (χ1n) is 6.80. The summed E-state index contributed by atoms with van der Waals surface area (Å²) in [6.07, 6.45) is 4.36. The minimum absolute atomic E-state index is 0.193. The third-order valence-corrected chi connectivity index (χ3v) is 4.20. The largest absolute Gasteiger partial charge is 0.478 e. The fraction of sp³-hybridized carbons (Fsp3) is 0.500. The molecule has 2 rings (SSSR count). The van der Waals surface area contributed by atoms with Crippen LogP contribution in [0.2, 0.25) is 0 Å². The van der Waals surface area contributed by atoms with Crippen LogP contribution in [0, 0.1) is 6.92 Å². The van der Waals surface area contributed by atoms with Gasteiger partial charge in [0.2, 0.25) is 0 Å². The van der Waals surface area contributed by atoms with Crippen molar-refractivity contribution in [3.63, 3.8) is 0 Å². The maximum absolute atomic E-state index is 11.5. The zero-order valence-corrected chi connectivity index (χ0v) is 13.5. The molecule has 7 heteroatoms. The topological polar surface area (TPSA) is 80.0 Å². The van der Waals surface area contributed by atoms with Gasteiger partial charge in [-0.1, -0.05) is 6.92 Å². The van der Waals surface area contributed by atoms with Crippen LogP contribution in [-0.4, -0.2) is 43.9 Å². The predicted molar refractivity (Wildman–Crippen MR) is 86.3 cm³/mol. The molecule has 2 heterocycles. The fourth-order valence-electron chi connectivity index (χ4n) is 2.39. The maximum Gasteiger partial charge on any atom is 0.339 e. The lowest BCUT2D eigenvalue weighted by Gasteiger charge is -2.19. The number of nitrogens with zero attached hydrogens (tertiary/aromatic N) is 3. The summed E-state index contributed by atoms with van der Waals surface area (Å²) >= 11 is 1.74. The number of rotatable bonds is 6. The lowest BCUT2D eigenvalue weighted by atomic mass is 10.1. The molecule has 0 amide bonds. The lowest BCUT2D eigenvalue weighted by Crippen LogP contribution is -2.23. The van der Waals surface area contributed by atoms with Crippen molar-refractivity contribution in [1.82, 2.24) is 14.8 Å². The van der Waals surface area contributed by atoms with Crippen LogP contribution >= 0.6 is 11.8 Å². The number of carbonyl (C=O) groups is 1. The monoisotopic (exact) mass is 308 g/mol. The van der Waals surface area contributed by atoms with Crippen LogP contribution in [0.4, 0.5) is 5.69 Å². The Morgan fingerprint density at radius 2 is 2.29 bits per heavy atom. The second-order valence-corrected chi connectivity index (χ2v) is 5.88. The van der Waals surface area contributed by atoms with E-state index in [1.54, 1.807) is 16.4 Å². The molecule has 114 valence electrons. The summed E-state index contributed by atoms with van der Waals surface area (Å²) in [6.45, 7) is 3.96. The summed E-state index contributed by atoms with van der Waals surface area (Å²) in [5.41, 5.74) is 2.29.